The number of nitrogens with zero attached hydrogens (tertiary/aromatic N) is 1. The number of rotatable bonds is 9. The Labute approximate surface area is 157 Å². The van der Waals surface area contributed by atoms with Crippen molar-refractivity contribution < 1.29 is 14.3 Å². The highest BCUT2D eigenvalue weighted by molar-refractivity contribution is 8.77. The van der Waals surface area contributed by atoms with E-state index in [1.54, 1.807) is 38.4 Å². The number of anilines is 1. The Morgan fingerprint density at radius 1 is 1.24 bits per heavy atom. The Kier molecular flexibility index (Phi) is 8.48. The topological polar surface area (TPSA) is 58.6 Å². The number of hydrogen-bond donors (Lipinski definition) is 1. The van der Waals surface area contributed by atoms with Crippen LogP contribution in [0.1, 0.15) is 32.1 Å². The SMILES string of the molecule is CN(C)C(=O)COc1ccc(NC(=O)CCCCC2CCSS2)cc1. The lowest BCUT2D eigenvalue weighted by atomic mass is 10.1. The normalized spacial score (nSPS) is 16.5. The second-order valence-corrected chi connectivity index (χ2v) is 9.01. The predicted octanol–water partition coefficient (Wildman–Crippen LogP) is 3.81. The molecule has 1 atom stereocenters. The third-order valence-corrected chi connectivity index (χ3v) is 6.91. The minimum absolute atomic E-state index is 0.0104. The first-order valence-electron chi connectivity index (χ1n) is 8.56. The Morgan fingerprint density at radius 2 is 2.00 bits per heavy atom. The smallest absolute Gasteiger partial charge is 0.259 e. The van der Waals surface area contributed by atoms with Gasteiger partial charge in [0, 0.05) is 37.2 Å². The van der Waals surface area contributed by atoms with E-state index in [1.165, 1.54) is 23.5 Å². The summed E-state index contributed by atoms with van der Waals surface area (Å²) in [5, 5.41) is 3.68. The van der Waals surface area contributed by atoms with Crippen molar-refractivity contribution in [3.63, 3.8) is 0 Å². The van der Waals surface area contributed by atoms with Crippen LogP contribution < -0.4 is 10.1 Å². The summed E-state index contributed by atoms with van der Waals surface area (Å²) in [4.78, 5) is 24.9. The molecule has 5 nitrogen and oxygen atoms in total. The van der Waals surface area contributed by atoms with Gasteiger partial charge in [-0.2, -0.15) is 0 Å². The molecule has 1 saturated heterocycles. The Hall–Kier alpha value is -1.34. The van der Waals surface area contributed by atoms with Crippen LogP contribution in [-0.2, 0) is 9.59 Å². The summed E-state index contributed by atoms with van der Waals surface area (Å²) in [5.41, 5.74) is 0.749. The zero-order valence-corrected chi connectivity index (χ0v) is 16.5. The molecule has 25 heavy (non-hydrogen) atoms. The highest BCUT2D eigenvalue weighted by atomic mass is 33.1. The lowest BCUT2D eigenvalue weighted by molar-refractivity contribution is -0.130. The fourth-order valence-corrected chi connectivity index (χ4v) is 5.38. The monoisotopic (exact) mass is 382 g/mol. The standard InChI is InChI=1S/C18H26N2O3S2/c1-20(2)18(22)13-23-15-9-7-14(8-10-15)19-17(21)6-4-3-5-16-11-12-24-25-16/h7-10,16H,3-6,11-13H2,1-2H3,(H,19,21). The van der Waals surface area contributed by atoms with Gasteiger partial charge in [0.1, 0.15) is 5.75 Å². The van der Waals surface area contributed by atoms with E-state index in [2.05, 4.69) is 5.32 Å². The molecule has 1 heterocycles. The third-order valence-electron chi connectivity index (χ3n) is 3.91. The highest BCUT2D eigenvalue weighted by Gasteiger charge is 2.15. The van der Waals surface area contributed by atoms with Gasteiger partial charge in [-0.05, 0) is 43.5 Å². The van der Waals surface area contributed by atoms with Crippen molar-refractivity contribution in [2.45, 2.75) is 37.4 Å². The van der Waals surface area contributed by atoms with Gasteiger partial charge < -0.3 is 15.0 Å². The molecule has 138 valence electrons. The minimum atomic E-state index is -0.0908. The summed E-state index contributed by atoms with van der Waals surface area (Å²) in [6, 6.07) is 7.10. The average molecular weight is 383 g/mol. The molecular formula is C18H26N2O3S2. The molecule has 0 aliphatic carbocycles. The molecule has 0 saturated carbocycles. The number of hydrogen-bond acceptors (Lipinski definition) is 5. The lowest BCUT2D eigenvalue weighted by Crippen LogP contribution is -2.27. The van der Waals surface area contributed by atoms with Crippen LogP contribution in [0.4, 0.5) is 5.69 Å². The van der Waals surface area contributed by atoms with Crippen LogP contribution in [0, 0.1) is 0 Å². The largest absolute Gasteiger partial charge is 0.484 e. The van der Waals surface area contributed by atoms with Gasteiger partial charge in [0.05, 0.1) is 0 Å². The number of ether oxygens (including phenoxy) is 1. The van der Waals surface area contributed by atoms with Crippen LogP contribution in [0.25, 0.3) is 0 Å². The maximum absolute atomic E-state index is 12.0. The zero-order valence-electron chi connectivity index (χ0n) is 14.8. The van der Waals surface area contributed by atoms with Crippen molar-refractivity contribution >= 4 is 39.1 Å². The maximum Gasteiger partial charge on any atom is 0.259 e. The molecule has 0 aromatic heterocycles. The van der Waals surface area contributed by atoms with E-state index in [0.717, 1.165) is 23.8 Å². The van der Waals surface area contributed by atoms with Gasteiger partial charge in [-0.25, -0.2) is 0 Å². The van der Waals surface area contributed by atoms with Crippen LogP contribution in [0.3, 0.4) is 0 Å². The molecule has 0 bridgehead atoms. The summed E-state index contributed by atoms with van der Waals surface area (Å²) in [6.07, 6.45) is 5.11. The van der Waals surface area contributed by atoms with Crippen molar-refractivity contribution in [3.8, 4) is 5.75 Å². The fraction of sp³-hybridized carbons (Fsp3) is 0.556. The highest BCUT2D eigenvalue weighted by Crippen LogP contribution is 2.39. The Balaban J connectivity index is 1.64. The number of nitrogens with one attached hydrogen (secondary N) is 1. The molecule has 2 rings (SSSR count). The molecule has 2 amide bonds. The van der Waals surface area contributed by atoms with E-state index >= 15 is 0 Å². The second kappa shape index (κ2) is 10.6. The van der Waals surface area contributed by atoms with E-state index in [1.807, 2.05) is 21.6 Å². The molecule has 1 aromatic carbocycles. The summed E-state index contributed by atoms with van der Waals surface area (Å²) in [7, 11) is 7.34. The van der Waals surface area contributed by atoms with E-state index in [4.69, 9.17) is 4.74 Å². The molecule has 0 spiro atoms. The van der Waals surface area contributed by atoms with Crippen LogP contribution in [0.15, 0.2) is 24.3 Å². The molecule has 1 aromatic rings. The van der Waals surface area contributed by atoms with Gasteiger partial charge >= 0.3 is 0 Å². The van der Waals surface area contributed by atoms with Gasteiger partial charge in [0.25, 0.3) is 5.91 Å². The average Bonchev–Trinajstić information content (AvgIpc) is 3.11. The second-order valence-electron chi connectivity index (χ2n) is 6.22. The van der Waals surface area contributed by atoms with Gasteiger partial charge in [-0.1, -0.05) is 28.0 Å². The lowest BCUT2D eigenvalue weighted by Gasteiger charge is -2.12. The summed E-state index contributed by atoms with van der Waals surface area (Å²) in [5.74, 6) is 1.83. The predicted molar refractivity (Wildman–Crippen MR) is 106 cm³/mol. The molecule has 1 N–H and O–H groups in total. The minimum Gasteiger partial charge on any atom is -0.484 e. The molecule has 1 aliphatic rings. The first-order valence-corrected chi connectivity index (χ1v) is 10.9. The number of amides is 2. The quantitative estimate of drug-likeness (QED) is 0.520. The van der Waals surface area contributed by atoms with Gasteiger partial charge in [0.2, 0.25) is 5.91 Å². The van der Waals surface area contributed by atoms with Gasteiger partial charge in [-0.3, -0.25) is 9.59 Å². The van der Waals surface area contributed by atoms with Crippen LogP contribution in [0.2, 0.25) is 0 Å². The Morgan fingerprint density at radius 3 is 2.64 bits per heavy atom. The van der Waals surface area contributed by atoms with Crippen molar-refractivity contribution in [2.75, 3.05) is 31.8 Å². The summed E-state index contributed by atoms with van der Waals surface area (Å²) in [6.45, 7) is 0.0104. The van der Waals surface area contributed by atoms with Gasteiger partial charge in [-0.15, -0.1) is 0 Å². The first-order chi connectivity index (χ1) is 12.0. The first kappa shape index (κ1) is 20.0. The number of benzene rings is 1. The summed E-state index contributed by atoms with van der Waals surface area (Å²) >= 11 is 0. The van der Waals surface area contributed by atoms with Crippen LogP contribution >= 0.6 is 21.6 Å². The molecule has 1 unspecified atom stereocenters. The molecule has 1 fully saturated rings. The molecule has 0 radical (unpaired) electrons. The van der Waals surface area contributed by atoms with Gasteiger partial charge in [0.15, 0.2) is 6.61 Å². The van der Waals surface area contributed by atoms with Crippen LogP contribution in [0.5, 0.6) is 5.75 Å². The van der Waals surface area contributed by atoms with Crippen molar-refractivity contribution in [2.24, 2.45) is 0 Å². The number of unbranched alkanes of at least 4 members (excludes halogenated alkanes) is 1. The molecule has 7 heteroatoms. The maximum atomic E-state index is 12.0. The Bertz CT molecular complexity index is 558. The molecular weight excluding hydrogens is 356 g/mol. The van der Waals surface area contributed by atoms with E-state index in [-0.39, 0.29) is 18.4 Å². The van der Waals surface area contributed by atoms with Crippen LogP contribution in [-0.4, -0.2) is 48.4 Å². The summed E-state index contributed by atoms with van der Waals surface area (Å²) < 4.78 is 5.41. The zero-order chi connectivity index (χ0) is 18.1. The van der Waals surface area contributed by atoms with Crippen molar-refractivity contribution in [1.82, 2.24) is 4.90 Å². The fourth-order valence-electron chi connectivity index (χ4n) is 2.35. The number of carbonyl (C=O) groups is 2. The third kappa shape index (κ3) is 7.61. The van der Waals surface area contributed by atoms with Crippen molar-refractivity contribution in [1.29, 1.82) is 0 Å². The number of likely N-dealkylation sites (N-methyl/N-ethyl adjacent to an activating group) is 1. The van der Waals surface area contributed by atoms with Crippen molar-refractivity contribution in [3.05, 3.63) is 24.3 Å². The van der Waals surface area contributed by atoms with E-state index in [0.29, 0.717) is 12.2 Å². The van der Waals surface area contributed by atoms with E-state index < -0.39 is 0 Å². The van der Waals surface area contributed by atoms with E-state index in [9.17, 15) is 9.59 Å². The molecule has 1 aliphatic heterocycles. The number of carbonyl (C=O) groups excluding carboxylic acids is 2.